The van der Waals surface area contributed by atoms with E-state index in [9.17, 15) is 23.1 Å². The van der Waals surface area contributed by atoms with Crippen molar-refractivity contribution in [3.63, 3.8) is 0 Å². The molecule has 0 saturated heterocycles. The zero-order chi connectivity index (χ0) is 16.6. The van der Waals surface area contributed by atoms with Crippen LogP contribution in [0.15, 0.2) is 40.6 Å². The molecule has 0 spiro atoms. The molecule has 2 aliphatic rings. The molecule has 0 atom stereocenters. The van der Waals surface area contributed by atoms with E-state index >= 15 is 0 Å². The van der Waals surface area contributed by atoms with Crippen LogP contribution < -0.4 is 5.32 Å². The third-order valence-corrected chi connectivity index (χ3v) is 4.40. The summed E-state index contributed by atoms with van der Waals surface area (Å²) < 4.78 is 37.6. The Labute approximate surface area is 134 Å². The van der Waals surface area contributed by atoms with Crippen LogP contribution in [0.4, 0.5) is 18.9 Å². The fourth-order valence-corrected chi connectivity index (χ4v) is 2.99. The molecule has 1 aliphatic heterocycles. The fraction of sp³-hybridized carbons (Fsp3) is 0.333. The minimum absolute atomic E-state index is 0.0567. The van der Waals surface area contributed by atoms with E-state index in [4.69, 9.17) is 0 Å². The van der Waals surface area contributed by atoms with Crippen LogP contribution >= 0.6 is 11.8 Å². The number of nitrogens with one attached hydrogen (secondary N) is 1. The first kappa shape index (κ1) is 15.9. The second-order valence-electron chi connectivity index (χ2n) is 5.32. The number of aliphatic imine (C=N–C) groups is 1. The number of hydrogen-bond donors (Lipinski definition) is 2. The lowest BCUT2D eigenvalue weighted by atomic mass is 10.2. The van der Waals surface area contributed by atoms with Crippen molar-refractivity contribution >= 4 is 28.4 Å². The Morgan fingerprint density at radius 1 is 1.26 bits per heavy atom. The van der Waals surface area contributed by atoms with Crippen LogP contribution in [0.3, 0.4) is 0 Å². The molecule has 122 valence electrons. The van der Waals surface area contributed by atoms with E-state index in [0.717, 1.165) is 25.0 Å². The zero-order valence-electron chi connectivity index (χ0n) is 11.9. The maximum absolute atomic E-state index is 12.5. The molecule has 3 rings (SSSR count). The molecule has 1 aromatic rings. The highest BCUT2D eigenvalue weighted by atomic mass is 32.2. The third-order valence-electron chi connectivity index (χ3n) is 3.41. The van der Waals surface area contributed by atoms with Crippen molar-refractivity contribution in [1.82, 2.24) is 5.32 Å². The molecule has 0 bridgehead atoms. The van der Waals surface area contributed by atoms with Crippen LogP contribution in [0, 0.1) is 0 Å². The van der Waals surface area contributed by atoms with Crippen molar-refractivity contribution in [2.75, 3.05) is 5.75 Å². The molecule has 1 saturated carbocycles. The molecule has 1 aliphatic carbocycles. The average Bonchev–Trinajstić information content (AvgIpc) is 3.21. The van der Waals surface area contributed by atoms with Crippen molar-refractivity contribution in [3.8, 4) is 0 Å². The Balaban J connectivity index is 1.82. The van der Waals surface area contributed by atoms with E-state index in [0.29, 0.717) is 10.7 Å². The van der Waals surface area contributed by atoms with Crippen molar-refractivity contribution in [3.05, 3.63) is 41.2 Å². The third kappa shape index (κ3) is 3.69. The summed E-state index contributed by atoms with van der Waals surface area (Å²) in [7, 11) is 0. The molecular weight excluding hydrogens is 329 g/mol. The van der Waals surface area contributed by atoms with Gasteiger partial charge in [-0.05, 0) is 37.1 Å². The first-order valence-corrected chi connectivity index (χ1v) is 7.95. The Morgan fingerprint density at radius 2 is 1.91 bits per heavy atom. The van der Waals surface area contributed by atoms with Crippen molar-refractivity contribution in [2.45, 2.75) is 25.1 Å². The van der Waals surface area contributed by atoms with Gasteiger partial charge in [-0.25, -0.2) is 4.99 Å². The van der Waals surface area contributed by atoms with E-state index in [-0.39, 0.29) is 29.0 Å². The number of rotatable bonds is 3. The quantitative estimate of drug-likeness (QED) is 0.883. The van der Waals surface area contributed by atoms with Gasteiger partial charge in [0.15, 0.2) is 0 Å². The highest BCUT2D eigenvalue weighted by Gasteiger charge is 2.32. The summed E-state index contributed by atoms with van der Waals surface area (Å²) in [6.45, 7) is 0. The molecule has 1 fully saturated rings. The Hall–Kier alpha value is -1.96. The maximum Gasteiger partial charge on any atom is 0.416 e. The highest BCUT2D eigenvalue weighted by molar-refractivity contribution is 8.15. The lowest BCUT2D eigenvalue weighted by Crippen LogP contribution is -2.29. The zero-order valence-corrected chi connectivity index (χ0v) is 12.7. The number of aliphatic hydroxyl groups is 1. The van der Waals surface area contributed by atoms with Crippen molar-refractivity contribution in [1.29, 1.82) is 0 Å². The number of carbonyl (C=O) groups is 1. The first-order valence-electron chi connectivity index (χ1n) is 6.96. The summed E-state index contributed by atoms with van der Waals surface area (Å²) in [6, 6.07) is 4.49. The van der Waals surface area contributed by atoms with Crippen LogP contribution in [0.5, 0.6) is 0 Å². The predicted molar refractivity (Wildman–Crippen MR) is 81.8 cm³/mol. The summed E-state index contributed by atoms with van der Waals surface area (Å²) in [5, 5.41) is 13.0. The molecule has 1 heterocycles. The second-order valence-corrected chi connectivity index (χ2v) is 6.28. The predicted octanol–water partition coefficient (Wildman–Crippen LogP) is 3.57. The second kappa shape index (κ2) is 5.92. The molecule has 4 nitrogen and oxygen atoms in total. The van der Waals surface area contributed by atoms with Gasteiger partial charge < -0.3 is 10.4 Å². The van der Waals surface area contributed by atoms with Gasteiger partial charge in [0.1, 0.15) is 16.4 Å². The summed E-state index contributed by atoms with van der Waals surface area (Å²) in [4.78, 5) is 16.3. The minimum Gasteiger partial charge on any atom is -0.510 e. The average molecular weight is 342 g/mol. The number of carbonyl (C=O) groups excluding carboxylic acids is 1. The molecule has 0 unspecified atom stereocenters. The number of thioether (sulfide) groups is 1. The van der Waals surface area contributed by atoms with Crippen LogP contribution in [0.1, 0.15) is 18.4 Å². The van der Waals surface area contributed by atoms with Gasteiger partial charge in [0.2, 0.25) is 0 Å². The number of aliphatic hydroxyl groups excluding tert-OH is 1. The molecule has 23 heavy (non-hydrogen) atoms. The van der Waals surface area contributed by atoms with Gasteiger partial charge in [0, 0.05) is 6.04 Å². The molecule has 0 radical (unpaired) electrons. The van der Waals surface area contributed by atoms with Crippen molar-refractivity contribution in [2.24, 2.45) is 4.99 Å². The van der Waals surface area contributed by atoms with E-state index in [1.165, 1.54) is 23.9 Å². The minimum atomic E-state index is -4.40. The van der Waals surface area contributed by atoms with Gasteiger partial charge in [-0.2, -0.15) is 13.2 Å². The normalized spacial score (nSPS) is 20.2. The molecular formula is C15H13F3N2O2S. The lowest BCUT2D eigenvalue weighted by Gasteiger charge is -2.07. The van der Waals surface area contributed by atoms with Crippen LogP contribution in [-0.4, -0.2) is 27.9 Å². The van der Waals surface area contributed by atoms with E-state index in [1.54, 1.807) is 0 Å². The van der Waals surface area contributed by atoms with E-state index in [2.05, 4.69) is 10.3 Å². The molecule has 2 N–H and O–H groups in total. The SMILES string of the molecule is O=C(NC1CC1)C1=C(O)CSC1=Nc1ccc(C(F)(F)F)cc1. The largest absolute Gasteiger partial charge is 0.510 e. The van der Waals surface area contributed by atoms with Gasteiger partial charge in [0.25, 0.3) is 5.91 Å². The summed E-state index contributed by atoms with van der Waals surface area (Å²) in [5.74, 6) is -0.216. The number of benzene rings is 1. The summed E-state index contributed by atoms with van der Waals surface area (Å²) >= 11 is 1.18. The summed E-state index contributed by atoms with van der Waals surface area (Å²) in [6.07, 6.45) is -2.57. The van der Waals surface area contributed by atoms with Gasteiger partial charge in [-0.15, -0.1) is 0 Å². The molecule has 8 heteroatoms. The lowest BCUT2D eigenvalue weighted by molar-refractivity contribution is -0.137. The van der Waals surface area contributed by atoms with Crippen LogP contribution in [0.2, 0.25) is 0 Å². The number of alkyl halides is 3. The number of halogens is 3. The molecule has 1 aromatic carbocycles. The summed E-state index contributed by atoms with van der Waals surface area (Å²) in [5.41, 5.74) is -0.348. The van der Waals surface area contributed by atoms with Gasteiger partial charge in [-0.1, -0.05) is 11.8 Å². The molecule has 0 aromatic heterocycles. The Kier molecular flexibility index (Phi) is 4.09. The van der Waals surface area contributed by atoms with E-state index in [1.807, 2.05) is 0 Å². The fourth-order valence-electron chi connectivity index (χ4n) is 2.05. The van der Waals surface area contributed by atoms with Crippen molar-refractivity contribution < 1.29 is 23.1 Å². The van der Waals surface area contributed by atoms with E-state index < -0.39 is 11.7 Å². The monoisotopic (exact) mass is 342 g/mol. The van der Waals surface area contributed by atoms with Gasteiger partial charge >= 0.3 is 6.18 Å². The number of nitrogens with zero attached hydrogens (tertiary/aromatic N) is 1. The number of hydrogen-bond acceptors (Lipinski definition) is 4. The van der Waals surface area contributed by atoms with Crippen LogP contribution in [0.25, 0.3) is 0 Å². The Morgan fingerprint density at radius 3 is 2.48 bits per heavy atom. The smallest absolute Gasteiger partial charge is 0.416 e. The maximum atomic E-state index is 12.5. The van der Waals surface area contributed by atoms with Crippen LogP contribution in [-0.2, 0) is 11.0 Å². The topological polar surface area (TPSA) is 61.7 Å². The Bertz CT molecular complexity index is 692. The number of amides is 1. The first-order chi connectivity index (χ1) is 10.8. The standard InChI is InChI=1S/C15H13F3N2O2S/c16-15(17,18)8-1-3-10(4-2-8)20-14-12(11(21)7-23-14)13(22)19-9-5-6-9/h1-4,9,21H,5-7H2,(H,19,22). The molecule has 1 amide bonds. The van der Waals surface area contributed by atoms with Gasteiger partial charge in [0.05, 0.1) is 17.0 Å². The highest BCUT2D eigenvalue weighted by Crippen LogP contribution is 2.33. The van der Waals surface area contributed by atoms with Gasteiger partial charge in [-0.3, -0.25) is 4.79 Å².